The van der Waals surface area contributed by atoms with Crippen molar-refractivity contribution >= 4 is 44.1 Å². The van der Waals surface area contributed by atoms with Gasteiger partial charge in [0, 0.05) is 12.0 Å². The first kappa shape index (κ1) is 30.5. The molecule has 0 radical (unpaired) electrons. The van der Waals surface area contributed by atoms with Crippen LogP contribution >= 0.6 is 11.3 Å². The van der Waals surface area contributed by atoms with E-state index < -0.39 is 17.7 Å². The zero-order chi connectivity index (χ0) is 31.7. The minimum atomic E-state index is -0.969. The lowest BCUT2D eigenvalue weighted by molar-refractivity contribution is -0.132. The lowest BCUT2D eigenvalue weighted by Crippen LogP contribution is -2.29. The Morgan fingerprint density at radius 2 is 1.89 bits per heavy atom. The number of aliphatic hydroxyl groups excluding tert-OH is 1. The van der Waals surface area contributed by atoms with Gasteiger partial charge in [0.15, 0.2) is 16.6 Å². The van der Waals surface area contributed by atoms with E-state index in [-0.39, 0.29) is 17.4 Å². The molecule has 6 rings (SSSR count). The summed E-state index contributed by atoms with van der Waals surface area (Å²) in [6.45, 7) is 7.07. The van der Waals surface area contributed by atoms with E-state index >= 15 is 0 Å². The van der Waals surface area contributed by atoms with Crippen molar-refractivity contribution in [1.29, 1.82) is 0 Å². The number of anilines is 1. The zero-order valence-corrected chi connectivity index (χ0v) is 26.6. The monoisotopic (exact) mass is 628 g/mol. The van der Waals surface area contributed by atoms with Crippen molar-refractivity contribution in [3.05, 3.63) is 76.9 Å². The third kappa shape index (κ3) is 5.82. The van der Waals surface area contributed by atoms with Gasteiger partial charge in [-0.25, -0.2) is 4.98 Å². The highest BCUT2D eigenvalue weighted by atomic mass is 32.1. The second-order valence-electron chi connectivity index (χ2n) is 11.1. The minimum Gasteiger partial charge on any atom is -0.507 e. The number of thiazole rings is 1. The summed E-state index contributed by atoms with van der Waals surface area (Å²) < 4.78 is 24.0. The number of fused-ring (bicyclic) bond motifs is 2. The Balaban J connectivity index is 1.47. The molecule has 1 aromatic heterocycles. The van der Waals surface area contributed by atoms with E-state index in [9.17, 15) is 14.7 Å². The molecule has 2 aliphatic heterocycles. The molecule has 1 N–H and O–H groups in total. The molecule has 9 nitrogen and oxygen atoms in total. The first-order valence-corrected chi connectivity index (χ1v) is 16.1. The number of amides is 1. The van der Waals surface area contributed by atoms with Crippen LogP contribution in [0.3, 0.4) is 0 Å². The highest BCUT2D eigenvalue weighted by Gasteiger charge is 2.48. The second kappa shape index (κ2) is 12.8. The van der Waals surface area contributed by atoms with Crippen LogP contribution < -0.4 is 23.8 Å². The van der Waals surface area contributed by atoms with Gasteiger partial charge in [-0.3, -0.25) is 14.5 Å². The number of carbonyl (C=O) groups excluding carboxylic acids is 2. The molecule has 0 aliphatic carbocycles. The Morgan fingerprint density at radius 3 is 2.67 bits per heavy atom. The Labute approximate surface area is 266 Å². The molecule has 3 aromatic carbocycles. The number of aromatic nitrogens is 1. The van der Waals surface area contributed by atoms with Crippen molar-refractivity contribution in [1.82, 2.24) is 4.98 Å². The number of ketones is 1. The number of methoxy groups -OCH3 is 1. The van der Waals surface area contributed by atoms with E-state index in [0.29, 0.717) is 58.7 Å². The predicted octanol–water partition coefficient (Wildman–Crippen LogP) is 7.22. The Hall–Kier alpha value is -4.57. The molecular formula is C35H36N2O7S. The SMILES string of the molecule is CCCCCOc1ccc([C@@H]2C(=C(O)c3ccc4c(c3)C[C@H](C)O4)C(=O)C(=O)N2c2nc3ccc(OCC)cc3s2)cc1OC. The number of Topliss-reactive ketones (excluding diaryl/α,β-unsaturated/α-hetero) is 1. The van der Waals surface area contributed by atoms with Gasteiger partial charge in [-0.05, 0) is 79.9 Å². The maximum Gasteiger partial charge on any atom is 0.301 e. The highest BCUT2D eigenvalue weighted by Crippen LogP contribution is 2.46. The van der Waals surface area contributed by atoms with Crippen LogP contribution in [0.15, 0.2) is 60.2 Å². The first-order chi connectivity index (χ1) is 21.8. The van der Waals surface area contributed by atoms with Gasteiger partial charge in [-0.15, -0.1) is 0 Å². The molecule has 1 saturated heterocycles. The Kier molecular flexibility index (Phi) is 8.67. The molecule has 2 atom stereocenters. The fraction of sp³-hybridized carbons (Fsp3) is 0.343. The fourth-order valence-electron chi connectivity index (χ4n) is 5.83. The van der Waals surface area contributed by atoms with Crippen LogP contribution in [0.1, 0.15) is 62.8 Å². The molecule has 2 aliphatic rings. The zero-order valence-electron chi connectivity index (χ0n) is 25.8. The molecule has 1 amide bonds. The number of aliphatic hydroxyl groups is 1. The van der Waals surface area contributed by atoms with Crippen LogP contribution in [0.4, 0.5) is 5.13 Å². The molecule has 3 heterocycles. The molecule has 0 bridgehead atoms. The normalized spacial score (nSPS) is 18.7. The van der Waals surface area contributed by atoms with Crippen molar-refractivity contribution in [3.8, 4) is 23.0 Å². The summed E-state index contributed by atoms with van der Waals surface area (Å²) in [7, 11) is 1.55. The summed E-state index contributed by atoms with van der Waals surface area (Å²) in [5, 5.41) is 12.1. The van der Waals surface area contributed by atoms with Crippen LogP contribution in [0.25, 0.3) is 16.0 Å². The quantitative estimate of drug-likeness (QED) is 0.0803. The van der Waals surface area contributed by atoms with Gasteiger partial charge >= 0.3 is 5.91 Å². The second-order valence-corrected chi connectivity index (χ2v) is 12.2. The first-order valence-electron chi connectivity index (χ1n) is 15.3. The molecule has 234 valence electrons. The lowest BCUT2D eigenvalue weighted by atomic mass is 9.94. The number of nitrogens with zero attached hydrogens (tertiary/aromatic N) is 2. The van der Waals surface area contributed by atoms with Crippen LogP contribution in [0.2, 0.25) is 0 Å². The molecule has 1 fully saturated rings. The number of unbranched alkanes of at least 4 members (excludes halogenated alkanes) is 2. The van der Waals surface area contributed by atoms with Gasteiger partial charge in [0.1, 0.15) is 23.4 Å². The smallest absolute Gasteiger partial charge is 0.301 e. The molecule has 10 heteroatoms. The van der Waals surface area contributed by atoms with Gasteiger partial charge in [0.2, 0.25) is 0 Å². The summed E-state index contributed by atoms with van der Waals surface area (Å²) in [6.07, 6.45) is 3.74. The predicted molar refractivity (Wildman–Crippen MR) is 174 cm³/mol. The maximum absolute atomic E-state index is 13.8. The highest BCUT2D eigenvalue weighted by molar-refractivity contribution is 7.22. The van der Waals surface area contributed by atoms with Crippen molar-refractivity contribution in [2.24, 2.45) is 0 Å². The molecule has 45 heavy (non-hydrogen) atoms. The maximum atomic E-state index is 13.8. The minimum absolute atomic E-state index is 0.0143. The molecule has 0 unspecified atom stereocenters. The van der Waals surface area contributed by atoms with E-state index in [4.69, 9.17) is 23.9 Å². The number of rotatable bonds is 11. The van der Waals surface area contributed by atoms with Gasteiger partial charge in [0.05, 0.1) is 42.2 Å². The largest absolute Gasteiger partial charge is 0.507 e. The van der Waals surface area contributed by atoms with E-state index in [1.807, 2.05) is 38.1 Å². The molecule has 0 spiro atoms. The van der Waals surface area contributed by atoms with Crippen molar-refractivity contribution in [2.75, 3.05) is 25.2 Å². The molecular weight excluding hydrogens is 592 g/mol. The fourth-order valence-corrected chi connectivity index (χ4v) is 6.85. The number of hydrogen-bond acceptors (Lipinski definition) is 9. The summed E-state index contributed by atoms with van der Waals surface area (Å²) in [4.78, 5) is 33.8. The summed E-state index contributed by atoms with van der Waals surface area (Å²) in [6, 6.07) is 15.2. The van der Waals surface area contributed by atoms with Crippen LogP contribution in [0.5, 0.6) is 23.0 Å². The number of carbonyl (C=O) groups is 2. The number of hydrogen-bond donors (Lipinski definition) is 1. The van der Waals surface area contributed by atoms with Gasteiger partial charge < -0.3 is 24.1 Å². The van der Waals surface area contributed by atoms with E-state index in [1.54, 1.807) is 37.4 Å². The number of ether oxygens (including phenoxy) is 4. The van der Waals surface area contributed by atoms with Crippen LogP contribution in [-0.2, 0) is 16.0 Å². The molecule has 4 aromatic rings. The standard InChI is InChI=1S/C35H36N2O7S/c1-5-7-8-15-43-27-14-9-21(18-28(27)41-4)31-30(32(38)22-10-13-26-23(17-22)16-20(3)44-26)33(39)34(40)37(31)35-36-25-12-11-24(42-6-2)19-29(25)45-35/h9-14,17-20,31,38H,5-8,15-16H2,1-4H3/t20-,31+/m0/s1. The number of benzene rings is 3. The van der Waals surface area contributed by atoms with E-state index in [1.165, 1.54) is 16.2 Å². The topological polar surface area (TPSA) is 107 Å². The lowest BCUT2D eigenvalue weighted by Gasteiger charge is -2.24. The van der Waals surface area contributed by atoms with Crippen molar-refractivity contribution in [3.63, 3.8) is 0 Å². The van der Waals surface area contributed by atoms with E-state index in [0.717, 1.165) is 35.3 Å². The Bertz CT molecular complexity index is 1800. The van der Waals surface area contributed by atoms with Crippen LogP contribution in [0, 0.1) is 0 Å². The third-order valence-corrected chi connectivity index (χ3v) is 9.01. The summed E-state index contributed by atoms with van der Waals surface area (Å²) in [5.41, 5.74) is 2.57. The Morgan fingerprint density at radius 1 is 1.04 bits per heavy atom. The summed E-state index contributed by atoms with van der Waals surface area (Å²) >= 11 is 1.28. The third-order valence-electron chi connectivity index (χ3n) is 7.99. The summed E-state index contributed by atoms with van der Waals surface area (Å²) in [5.74, 6) is 0.624. The van der Waals surface area contributed by atoms with Crippen molar-refractivity contribution < 1.29 is 33.6 Å². The van der Waals surface area contributed by atoms with Gasteiger partial charge in [-0.1, -0.05) is 37.2 Å². The van der Waals surface area contributed by atoms with Gasteiger partial charge in [0.25, 0.3) is 5.78 Å². The molecule has 0 saturated carbocycles. The van der Waals surface area contributed by atoms with Crippen LogP contribution in [-0.4, -0.2) is 48.2 Å². The van der Waals surface area contributed by atoms with E-state index in [2.05, 4.69) is 6.92 Å². The average Bonchev–Trinajstić information content (AvgIpc) is 3.70. The van der Waals surface area contributed by atoms with Gasteiger partial charge in [-0.2, -0.15) is 0 Å². The average molecular weight is 629 g/mol. The van der Waals surface area contributed by atoms with Crippen molar-refractivity contribution in [2.45, 2.75) is 58.6 Å².